The summed E-state index contributed by atoms with van der Waals surface area (Å²) in [7, 11) is 0. The molecule has 0 spiro atoms. The van der Waals surface area contributed by atoms with Crippen LogP contribution in [0.5, 0.6) is 5.75 Å². The summed E-state index contributed by atoms with van der Waals surface area (Å²) in [5.74, 6) is 2.16. The molecule has 0 fully saturated rings. The van der Waals surface area contributed by atoms with Crippen molar-refractivity contribution >= 4 is 23.4 Å². The van der Waals surface area contributed by atoms with E-state index in [-0.39, 0.29) is 6.04 Å². The smallest absolute Gasteiger partial charge is 0.197 e. The molecular weight excluding hydrogens is 394 g/mol. The molecule has 0 amide bonds. The molecule has 3 aromatic rings. The normalized spacial score (nSPS) is 11.2. The highest BCUT2D eigenvalue weighted by atomic mass is 35.5. The van der Waals surface area contributed by atoms with Crippen LogP contribution in [-0.2, 0) is 6.61 Å². The fraction of sp³-hybridized carbons (Fsp3) is 0.400. The molecule has 0 aliphatic carbocycles. The summed E-state index contributed by atoms with van der Waals surface area (Å²) in [6.07, 6.45) is 1.95. The first-order chi connectivity index (χ1) is 13.5. The highest BCUT2D eigenvalue weighted by Gasteiger charge is 2.20. The van der Waals surface area contributed by atoms with E-state index in [4.69, 9.17) is 16.3 Å². The van der Waals surface area contributed by atoms with Crippen LogP contribution >= 0.6 is 23.4 Å². The predicted octanol–water partition coefficient (Wildman–Crippen LogP) is 5.43. The van der Waals surface area contributed by atoms with Gasteiger partial charge in [-0.3, -0.25) is 4.57 Å². The van der Waals surface area contributed by atoms with Crippen molar-refractivity contribution < 1.29 is 4.74 Å². The minimum absolute atomic E-state index is 0.284. The van der Waals surface area contributed by atoms with Crippen molar-refractivity contribution in [2.24, 2.45) is 0 Å². The van der Waals surface area contributed by atoms with Gasteiger partial charge in [-0.1, -0.05) is 37.6 Å². The van der Waals surface area contributed by atoms with E-state index in [0.29, 0.717) is 17.4 Å². The summed E-state index contributed by atoms with van der Waals surface area (Å²) in [6, 6.07) is 9.68. The number of benzene rings is 1. The van der Waals surface area contributed by atoms with Gasteiger partial charge in [0.25, 0.3) is 0 Å². The van der Waals surface area contributed by atoms with Crippen LogP contribution in [0.15, 0.2) is 40.5 Å². The van der Waals surface area contributed by atoms with Crippen molar-refractivity contribution in [3.8, 4) is 5.75 Å². The summed E-state index contributed by atoms with van der Waals surface area (Å²) in [6.45, 7) is 8.50. The fourth-order valence-electron chi connectivity index (χ4n) is 3.03. The van der Waals surface area contributed by atoms with Gasteiger partial charge in [-0.25, -0.2) is 9.97 Å². The Morgan fingerprint density at radius 1 is 1.11 bits per heavy atom. The highest BCUT2D eigenvalue weighted by Crippen LogP contribution is 2.31. The molecule has 2 heterocycles. The van der Waals surface area contributed by atoms with Crippen LogP contribution in [0.4, 0.5) is 0 Å². The zero-order chi connectivity index (χ0) is 20.1. The molecule has 0 saturated carbocycles. The van der Waals surface area contributed by atoms with Crippen molar-refractivity contribution in [3.05, 3.63) is 52.7 Å². The lowest BCUT2D eigenvalue weighted by Gasteiger charge is -2.19. The molecular formula is C20H24ClN5OS. The first kappa shape index (κ1) is 20.6. The third-order valence-electron chi connectivity index (χ3n) is 4.37. The lowest BCUT2D eigenvalue weighted by Crippen LogP contribution is -2.14. The number of rotatable bonds is 8. The van der Waals surface area contributed by atoms with Crippen molar-refractivity contribution in [1.82, 2.24) is 24.7 Å². The third kappa shape index (κ3) is 4.83. The Balaban J connectivity index is 1.89. The number of hydrogen-bond donors (Lipinski definition) is 0. The van der Waals surface area contributed by atoms with Gasteiger partial charge >= 0.3 is 0 Å². The van der Waals surface area contributed by atoms with Crippen molar-refractivity contribution in [2.45, 2.75) is 63.4 Å². The minimum Gasteiger partial charge on any atom is -0.484 e. The summed E-state index contributed by atoms with van der Waals surface area (Å²) in [4.78, 5) is 8.86. The Morgan fingerprint density at radius 2 is 1.86 bits per heavy atom. The van der Waals surface area contributed by atoms with Gasteiger partial charge in [0.15, 0.2) is 11.0 Å². The standard InChI is InChI=1S/C20H24ClN5OS/c1-5-15(6-2)26-18(12-27-17-10-8-7-9-16(17)21)24-25-20(26)28-19-11-13(3)22-14(4)23-19/h7-11,15H,5-6,12H2,1-4H3. The third-order valence-corrected chi connectivity index (χ3v) is 5.57. The van der Waals surface area contributed by atoms with Crippen molar-refractivity contribution in [3.63, 3.8) is 0 Å². The molecule has 0 bridgehead atoms. The van der Waals surface area contributed by atoms with Gasteiger partial charge in [0.05, 0.1) is 5.02 Å². The maximum atomic E-state index is 6.20. The van der Waals surface area contributed by atoms with Gasteiger partial charge in [-0.2, -0.15) is 0 Å². The molecule has 3 rings (SSSR count). The molecule has 0 N–H and O–H groups in total. The van der Waals surface area contributed by atoms with Gasteiger partial charge in [0.2, 0.25) is 0 Å². The maximum Gasteiger partial charge on any atom is 0.197 e. The second-order valence-electron chi connectivity index (χ2n) is 6.46. The second-order valence-corrected chi connectivity index (χ2v) is 7.85. The Labute approximate surface area is 174 Å². The highest BCUT2D eigenvalue weighted by molar-refractivity contribution is 7.99. The summed E-state index contributed by atoms with van der Waals surface area (Å²) in [5, 5.41) is 11.1. The SMILES string of the molecule is CCC(CC)n1c(COc2ccccc2Cl)nnc1Sc1cc(C)nc(C)n1. The van der Waals surface area contributed by atoms with Crippen molar-refractivity contribution in [2.75, 3.05) is 0 Å². The molecule has 8 heteroatoms. The van der Waals surface area contributed by atoms with Crippen LogP contribution < -0.4 is 4.74 Å². The Morgan fingerprint density at radius 3 is 2.54 bits per heavy atom. The lowest BCUT2D eigenvalue weighted by atomic mass is 10.2. The van der Waals surface area contributed by atoms with Gasteiger partial charge in [-0.15, -0.1) is 10.2 Å². The first-order valence-electron chi connectivity index (χ1n) is 9.33. The largest absolute Gasteiger partial charge is 0.484 e. The van der Waals surface area contributed by atoms with Crippen LogP contribution in [0.3, 0.4) is 0 Å². The summed E-state index contributed by atoms with van der Waals surface area (Å²) < 4.78 is 8.08. The molecule has 0 unspecified atom stereocenters. The zero-order valence-electron chi connectivity index (χ0n) is 16.5. The number of halogens is 1. The molecule has 6 nitrogen and oxygen atoms in total. The Bertz CT molecular complexity index is 922. The molecule has 0 saturated heterocycles. The average Bonchev–Trinajstić information content (AvgIpc) is 3.04. The van der Waals surface area contributed by atoms with E-state index in [0.717, 1.165) is 40.4 Å². The van der Waals surface area contributed by atoms with Crippen LogP contribution in [0, 0.1) is 13.8 Å². The molecule has 0 aliphatic heterocycles. The van der Waals surface area contributed by atoms with E-state index in [1.807, 2.05) is 44.2 Å². The first-order valence-corrected chi connectivity index (χ1v) is 10.5. The topological polar surface area (TPSA) is 65.7 Å². The number of para-hydroxylation sites is 1. The predicted molar refractivity (Wildman–Crippen MR) is 111 cm³/mol. The zero-order valence-corrected chi connectivity index (χ0v) is 18.1. The van der Waals surface area contributed by atoms with Crippen LogP contribution in [0.1, 0.15) is 50.1 Å². The molecule has 0 radical (unpaired) electrons. The van der Waals surface area contributed by atoms with E-state index in [9.17, 15) is 0 Å². The van der Waals surface area contributed by atoms with E-state index >= 15 is 0 Å². The molecule has 0 atom stereocenters. The number of nitrogens with zero attached hydrogens (tertiary/aromatic N) is 5. The molecule has 0 aliphatic rings. The molecule has 148 valence electrons. The van der Waals surface area contributed by atoms with Gasteiger partial charge in [0.1, 0.15) is 23.2 Å². The maximum absolute atomic E-state index is 6.20. The Hall–Kier alpha value is -2.12. The fourth-order valence-corrected chi connectivity index (χ4v) is 4.25. The number of aromatic nitrogens is 5. The minimum atomic E-state index is 0.284. The van der Waals surface area contributed by atoms with Gasteiger partial charge in [0, 0.05) is 11.7 Å². The van der Waals surface area contributed by atoms with Crippen LogP contribution in [-0.4, -0.2) is 24.7 Å². The average molecular weight is 418 g/mol. The second kappa shape index (κ2) is 9.39. The monoisotopic (exact) mass is 417 g/mol. The van der Waals surface area contributed by atoms with Crippen LogP contribution in [0.2, 0.25) is 5.02 Å². The van der Waals surface area contributed by atoms with E-state index in [1.54, 1.807) is 0 Å². The van der Waals surface area contributed by atoms with E-state index in [1.165, 1.54) is 11.8 Å². The van der Waals surface area contributed by atoms with Crippen molar-refractivity contribution in [1.29, 1.82) is 0 Å². The lowest BCUT2D eigenvalue weighted by molar-refractivity contribution is 0.278. The molecule has 1 aromatic carbocycles. The Kier molecular flexibility index (Phi) is 6.91. The number of aryl methyl sites for hydroxylation is 2. The van der Waals surface area contributed by atoms with Gasteiger partial charge in [-0.05, 0) is 56.7 Å². The van der Waals surface area contributed by atoms with Crippen LogP contribution in [0.25, 0.3) is 0 Å². The number of ether oxygens (including phenoxy) is 1. The van der Waals surface area contributed by atoms with Gasteiger partial charge < -0.3 is 4.74 Å². The summed E-state index contributed by atoms with van der Waals surface area (Å²) >= 11 is 7.71. The number of hydrogen-bond acceptors (Lipinski definition) is 6. The quantitative estimate of drug-likeness (QED) is 0.455. The van der Waals surface area contributed by atoms with E-state index < -0.39 is 0 Å². The van der Waals surface area contributed by atoms with E-state index in [2.05, 4.69) is 38.6 Å². The molecule has 2 aromatic heterocycles. The summed E-state index contributed by atoms with van der Waals surface area (Å²) in [5.41, 5.74) is 0.936. The molecule has 28 heavy (non-hydrogen) atoms.